The number of methoxy groups -OCH3 is 1. The van der Waals surface area contributed by atoms with Crippen LogP contribution in [0.4, 0.5) is 4.79 Å². The van der Waals surface area contributed by atoms with Gasteiger partial charge in [-0.25, -0.2) is 4.79 Å². The van der Waals surface area contributed by atoms with E-state index in [4.69, 9.17) is 9.47 Å². The molecule has 6 nitrogen and oxygen atoms in total. The van der Waals surface area contributed by atoms with Crippen molar-refractivity contribution in [1.82, 2.24) is 10.2 Å². The van der Waals surface area contributed by atoms with Crippen LogP contribution in [0.5, 0.6) is 0 Å². The SMILES string of the molecule is CCOC(=O)N(CC)C(C)C(=O)NCOC. The zero-order valence-corrected chi connectivity index (χ0v) is 10.3. The molecule has 0 saturated carbocycles. The van der Waals surface area contributed by atoms with Gasteiger partial charge in [-0.3, -0.25) is 9.69 Å². The average Bonchev–Trinajstić information content (AvgIpc) is 2.27. The molecule has 16 heavy (non-hydrogen) atoms. The number of carbonyl (C=O) groups is 2. The minimum atomic E-state index is -0.570. The quantitative estimate of drug-likeness (QED) is 0.680. The van der Waals surface area contributed by atoms with Gasteiger partial charge in [0.1, 0.15) is 12.8 Å². The van der Waals surface area contributed by atoms with Crippen molar-refractivity contribution in [1.29, 1.82) is 0 Å². The molecule has 0 saturated heterocycles. The van der Waals surface area contributed by atoms with Crippen molar-refractivity contribution in [3.63, 3.8) is 0 Å². The summed E-state index contributed by atoms with van der Waals surface area (Å²) < 4.78 is 9.56. The third kappa shape index (κ3) is 4.48. The van der Waals surface area contributed by atoms with Gasteiger partial charge in [-0.15, -0.1) is 0 Å². The molecule has 0 aromatic carbocycles. The summed E-state index contributed by atoms with van der Waals surface area (Å²) in [5.74, 6) is -0.267. The Morgan fingerprint density at radius 1 is 1.38 bits per heavy atom. The van der Waals surface area contributed by atoms with Crippen LogP contribution in [0, 0.1) is 0 Å². The summed E-state index contributed by atoms with van der Waals surface area (Å²) >= 11 is 0. The Balaban J connectivity index is 4.33. The number of hydrogen-bond acceptors (Lipinski definition) is 4. The Morgan fingerprint density at radius 3 is 2.44 bits per heavy atom. The van der Waals surface area contributed by atoms with Crippen LogP contribution in [0.2, 0.25) is 0 Å². The van der Waals surface area contributed by atoms with Crippen LogP contribution in [-0.2, 0) is 14.3 Å². The van der Waals surface area contributed by atoms with Crippen LogP contribution in [-0.4, -0.2) is 49.9 Å². The topological polar surface area (TPSA) is 67.9 Å². The van der Waals surface area contributed by atoms with Crippen LogP contribution in [0.1, 0.15) is 20.8 Å². The second-order valence-electron chi connectivity index (χ2n) is 3.13. The first-order valence-electron chi connectivity index (χ1n) is 5.28. The van der Waals surface area contributed by atoms with E-state index < -0.39 is 12.1 Å². The van der Waals surface area contributed by atoms with Gasteiger partial charge in [0.05, 0.1) is 6.61 Å². The summed E-state index contributed by atoms with van der Waals surface area (Å²) in [6.45, 7) is 6.00. The molecule has 0 aromatic heterocycles. The number of hydrogen-bond donors (Lipinski definition) is 1. The molecule has 0 spiro atoms. The van der Waals surface area contributed by atoms with Crippen molar-refractivity contribution in [3.05, 3.63) is 0 Å². The number of rotatable bonds is 6. The Bertz CT molecular complexity index is 233. The van der Waals surface area contributed by atoms with E-state index in [9.17, 15) is 9.59 Å². The van der Waals surface area contributed by atoms with Crippen molar-refractivity contribution < 1.29 is 19.1 Å². The zero-order chi connectivity index (χ0) is 12.6. The number of carbonyl (C=O) groups excluding carboxylic acids is 2. The smallest absolute Gasteiger partial charge is 0.410 e. The normalized spacial score (nSPS) is 11.8. The van der Waals surface area contributed by atoms with Crippen molar-refractivity contribution in [2.24, 2.45) is 0 Å². The van der Waals surface area contributed by atoms with E-state index in [1.165, 1.54) is 12.0 Å². The predicted octanol–water partition coefficient (Wildman–Crippen LogP) is 0.573. The predicted molar refractivity (Wildman–Crippen MR) is 58.9 cm³/mol. The summed E-state index contributed by atoms with van der Waals surface area (Å²) in [6.07, 6.45) is -0.481. The first-order valence-corrected chi connectivity index (χ1v) is 5.28. The highest BCUT2D eigenvalue weighted by Gasteiger charge is 2.24. The molecule has 94 valence electrons. The highest BCUT2D eigenvalue weighted by molar-refractivity contribution is 5.85. The summed E-state index contributed by atoms with van der Waals surface area (Å²) in [5.41, 5.74) is 0. The van der Waals surface area contributed by atoms with Crippen LogP contribution in [0.15, 0.2) is 0 Å². The molecule has 0 rings (SSSR count). The monoisotopic (exact) mass is 232 g/mol. The lowest BCUT2D eigenvalue weighted by Crippen LogP contribution is -2.48. The fourth-order valence-corrected chi connectivity index (χ4v) is 1.20. The first kappa shape index (κ1) is 14.7. The fraction of sp³-hybridized carbons (Fsp3) is 0.800. The van der Waals surface area contributed by atoms with Crippen molar-refractivity contribution in [2.45, 2.75) is 26.8 Å². The summed E-state index contributed by atoms with van der Waals surface area (Å²) in [6, 6.07) is -0.570. The first-order chi connectivity index (χ1) is 7.58. The maximum Gasteiger partial charge on any atom is 0.410 e. The third-order valence-electron chi connectivity index (χ3n) is 2.08. The van der Waals surface area contributed by atoms with E-state index in [0.29, 0.717) is 13.2 Å². The molecular weight excluding hydrogens is 212 g/mol. The molecule has 1 unspecified atom stereocenters. The van der Waals surface area contributed by atoms with Crippen molar-refractivity contribution >= 4 is 12.0 Å². The summed E-state index contributed by atoms with van der Waals surface area (Å²) in [5, 5.41) is 2.53. The lowest BCUT2D eigenvalue weighted by atomic mass is 10.3. The van der Waals surface area contributed by atoms with Crippen LogP contribution >= 0.6 is 0 Å². The van der Waals surface area contributed by atoms with Crippen molar-refractivity contribution in [2.75, 3.05) is 27.0 Å². The largest absolute Gasteiger partial charge is 0.450 e. The molecule has 2 amide bonds. The number of likely N-dealkylation sites (N-methyl/N-ethyl adjacent to an activating group) is 1. The van der Waals surface area contributed by atoms with Gasteiger partial charge < -0.3 is 14.8 Å². The highest BCUT2D eigenvalue weighted by atomic mass is 16.6. The molecule has 0 radical (unpaired) electrons. The Kier molecular flexibility index (Phi) is 7.28. The van der Waals surface area contributed by atoms with E-state index in [0.717, 1.165) is 0 Å². The molecule has 0 aliphatic carbocycles. The summed E-state index contributed by atoms with van der Waals surface area (Å²) in [7, 11) is 1.48. The van der Waals surface area contributed by atoms with E-state index >= 15 is 0 Å². The minimum absolute atomic E-state index is 0.129. The van der Waals surface area contributed by atoms with Gasteiger partial charge in [0, 0.05) is 13.7 Å². The van der Waals surface area contributed by atoms with E-state index in [2.05, 4.69) is 5.32 Å². The fourth-order valence-electron chi connectivity index (χ4n) is 1.20. The van der Waals surface area contributed by atoms with Gasteiger partial charge in [-0.2, -0.15) is 0 Å². The highest BCUT2D eigenvalue weighted by Crippen LogP contribution is 2.02. The van der Waals surface area contributed by atoms with Crippen molar-refractivity contribution in [3.8, 4) is 0 Å². The molecule has 0 heterocycles. The van der Waals surface area contributed by atoms with Crippen LogP contribution in [0.25, 0.3) is 0 Å². The molecule has 0 aromatic rings. The molecule has 1 N–H and O–H groups in total. The lowest BCUT2D eigenvalue weighted by molar-refractivity contribution is -0.126. The molecule has 1 atom stereocenters. The van der Waals surface area contributed by atoms with Gasteiger partial charge >= 0.3 is 6.09 Å². The maximum atomic E-state index is 11.6. The molecule has 0 bridgehead atoms. The van der Waals surface area contributed by atoms with E-state index in [-0.39, 0.29) is 12.6 Å². The van der Waals surface area contributed by atoms with E-state index in [1.807, 2.05) is 0 Å². The number of nitrogens with zero attached hydrogens (tertiary/aromatic N) is 1. The average molecular weight is 232 g/mol. The molecule has 0 aliphatic heterocycles. The van der Waals surface area contributed by atoms with Gasteiger partial charge in [-0.1, -0.05) is 0 Å². The second kappa shape index (κ2) is 7.92. The maximum absolute atomic E-state index is 11.6. The van der Waals surface area contributed by atoms with Gasteiger partial charge in [-0.05, 0) is 20.8 Å². The third-order valence-corrected chi connectivity index (χ3v) is 2.08. The van der Waals surface area contributed by atoms with Gasteiger partial charge in [0.2, 0.25) is 5.91 Å². The van der Waals surface area contributed by atoms with Gasteiger partial charge in [0.15, 0.2) is 0 Å². The second-order valence-corrected chi connectivity index (χ2v) is 3.13. The lowest BCUT2D eigenvalue weighted by Gasteiger charge is -2.25. The standard InChI is InChI=1S/C10H20N2O4/c1-5-12(10(14)16-6-2)8(3)9(13)11-7-15-4/h8H,5-7H2,1-4H3,(H,11,13). The minimum Gasteiger partial charge on any atom is -0.450 e. The summed E-state index contributed by atoms with van der Waals surface area (Å²) in [4.78, 5) is 24.4. The Hall–Kier alpha value is -1.30. The van der Waals surface area contributed by atoms with E-state index in [1.54, 1.807) is 20.8 Å². The van der Waals surface area contributed by atoms with Gasteiger partial charge in [0.25, 0.3) is 0 Å². The Labute approximate surface area is 95.9 Å². The number of amides is 2. The molecule has 6 heteroatoms. The molecule has 0 fully saturated rings. The Morgan fingerprint density at radius 2 is 2.00 bits per heavy atom. The number of nitrogens with one attached hydrogen (secondary N) is 1. The molecule has 0 aliphatic rings. The number of ether oxygens (including phenoxy) is 2. The van der Waals surface area contributed by atoms with Crippen LogP contribution < -0.4 is 5.32 Å². The van der Waals surface area contributed by atoms with Crippen LogP contribution in [0.3, 0.4) is 0 Å². The zero-order valence-electron chi connectivity index (χ0n) is 10.3. The molecular formula is C10H20N2O4.